The number of amides is 3. The molecule has 0 saturated carbocycles. The second-order valence-electron chi connectivity index (χ2n) is 7.40. The molecule has 2 aliphatic heterocycles. The van der Waals surface area contributed by atoms with Gasteiger partial charge in [0.25, 0.3) is 0 Å². The largest absolute Gasteiger partial charge is 0.381 e. The second kappa shape index (κ2) is 9.97. The average Bonchev–Trinajstić information content (AvgIpc) is 2.61. The Hall–Kier alpha value is -1.34. The van der Waals surface area contributed by atoms with Crippen LogP contribution in [0.25, 0.3) is 0 Å². The summed E-state index contributed by atoms with van der Waals surface area (Å²) in [5.41, 5.74) is 0. The highest BCUT2D eigenvalue weighted by atomic mass is 16.5. The zero-order valence-electron chi connectivity index (χ0n) is 15.8. The lowest BCUT2D eigenvalue weighted by atomic mass is 9.98. The molecular formula is C18H33N3O4. The molecule has 0 aliphatic carbocycles. The van der Waals surface area contributed by atoms with Crippen LogP contribution in [0.2, 0.25) is 0 Å². The zero-order chi connectivity index (χ0) is 18.2. The molecule has 0 bridgehead atoms. The molecule has 0 radical (unpaired) electrons. The van der Waals surface area contributed by atoms with Crippen LogP contribution in [0, 0.1) is 5.92 Å². The fourth-order valence-corrected chi connectivity index (χ4v) is 3.64. The van der Waals surface area contributed by atoms with Gasteiger partial charge in [0.2, 0.25) is 5.91 Å². The zero-order valence-corrected chi connectivity index (χ0v) is 15.8. The van der Waals surface area contributed by atoms with Gasteiger partial charge in [0, 0.05) is 52.0 Å². The van der Waals surface area contributed by atoms with Crippen LogP contribution in [-0.4, -0.2) is 80.4 Å². The minimum absolute atomic E-state index is 0.0174. The Kier molecular flexibility index (Phi) is 7.96. The minimum Gasteiger partial charge on any atom is -0.381 e. The van der Waals surface area contributed by atoms with E-state index in [9.17, 15) is 9.59 Å². The molecule has 7 heteroatoms. The highest BCUT2D eigenvalue weighted by Crippen LogP contribution is 2.23. The quantitative estimate of drug-likeness (QED) is 0.783. The van der Waals surface area contributed by atoms with Crippen molar-refractivity contribution < 1.29 is 19.1 Å². The molecule has 2 aliphatic rings. The number of nitrogens with zero attached hydrogens (tertiary/aromatic N) is 2. The summed E-state index contributed by atoms with van der Waals surface area (Å²) in [5, 5.41) is 2.98. The van der Waals surface area contributed by atoms with Crippen molar-refractivity contribution in [3.8, 4) is 0 Å². The molecule has 0 aromatic rings. The van der Waals surface area contributed by atoms with Gasteiger partial charge in [0.05, 0.1) is 0 Å². The summed E-state index contributed by atoms with van der Waals surface area (Å²) in [6.45, 7) is 7.64. The molecule has 1 unspecified atom stereocenters. The van der Waals surface area contributed by atoms with Gasteiger partial charge in [-0.15, -0.1) is 0 Å². The first kappa shape index (κ1) is 20.0. The predicted molar refractivity (Wildman–Crippen MR) is 95.4 cm³/mol. The van der Waals surface area contributed by atoms with Gasteiger partial charge >= 0.3 is 6.03 Å². The van der Waals surface area contributed by atoms with E-state index in [1.165, 1.54) is 0 Å². The van der Waals surface area contributed by atoms with Gasteiger partial charge in [-0.05, 0) is 31.6 Å². The Balaban J connectivity index is 2.02. The third kappa shape index (κ3) is 5.85. The molecular weight excluding hydrogens is 322 g/mol. The van der Waals surface area contributed by atoms with Crippen molar-refractivity contribution in [2.75, 3.05) is 46.6 Å². The third-order valence-electron chi connectivity index (χ3n) is 4.88. The van der Waals surface area contributed by atoms with Crippen LogP contribution in [-0.2, 0) is 14.3 Å². The van der Waals surface area contributed by atoms with E-state index in [4.69, 9.17) is 9.47 Å². The van der Waals surface area contributed by atoms with Gasteiger partial charge in [-0.3, -0.25) is 4.79 Å². The number of likely N-dealkylation sites (tertiary alicyclic amines) is 1. The first-order valence-electron chi connectivity index (χ1n) is 9.43. The Morgan fingerprint density at radius 1 is 1.24 bits per heavy atom. The molecule has 0 aromatic heterocycles. The van der Waals surface area contributed by atoms with Crippen LogP contribution < -0.4 is 5.32 Å². The molecule has 2 rings (SSSR count). The van der Waals surface area contributed by atoms with Crippen LogP contribution in [0.1, 0.15) is 39.5 Å². The number of rotatable bonds is 6. The SMILES string of the molecule is COCC(=O)N(C1CCOCC1)C1CCCN(C(=O)NCC(C)C)C1. The highest BCUT2D eigenvalue weighted by molar-refractivity contribution is 5.78. The van der Waals surface area contributed by atoms with Crippen molar-refractivity contribution in [3.63, 3.8) is 0 Å². The van der Waals surface area contributed by atoms with Gasteiger partial charge in [-0.1, -0.05) is 13.8 Å². The van der Waals surface area contributed by atoms with E-state index in [0.29, 0.717) is 32.2 Å². The van der Waals surface area contributed by atoms with E-state index in [1.54, 1.807) is 7.11 Å². The number of piperidine rings is 1. The summed E-state index contributed by atoms with van der Waals surface area (Å²) in [4.78, 5) is 28.9. The Bertz CT molecular complexity index is 438. The number of carbonyl (C=O) groups excluding carboxylic acids is 2. The molecule has 144 valence electrons. The second-order valence-corrected chi connectivity index (χ2v) is 7.40. The van der Waals surface area contributed by atoms with Crippen LogP contribution in [0.5, 0.6) is 0 Å². The fraction of sp³-hybridized carbons (Fsp3) is 0.889. The molecule has 25 heavy (non-hydrogen) atoms. The lowest BCUT2D eigenvalue weighted by Gasteiger charge is -2.44. The van der Waals surface area contributed by atoms with E-state index >= 15 is 0 Å². The average molecular weight is 355 g/mol. The molecule has 2 saturated heterocycles. The molecule has 1 atom stereocenters. The van der Waals surface area contributed by atoms with Crippen LogP contribution in [0.4, 0.5) is 4.79 Å². The standard InChI is InChI=1S/C18H33N3O4/c1-14(2)11-19-18(23)20-8-4-5-16(12-20)21(17(22)13-24-3)15-6-9-25-10-7-15/h14-16H,4-13H2,1-3H3,(H,19,23). The van der Waals surface area contributed by atoms with Crippen molar-refractivity contribution in [1.82, 2.24) is 15.1 Å². The lowest BCUT2D eigenvalue weighted by molar-refractivity contribution is -0.143. The summed E-state index contributed by atoms with van der Waals surface area (Å²) >= 11 is 0. The fourth-order valence-electron chi connectivity index (χ4n) is 3.64. The number of carbonyl (C=O) groups is 2. The van der Waals surface area contributed by atoms with Gasteiger partial charge in [-0.25, -0.2) is 4.79 Å². The number of ether oxygens (including phenoxy) is 2. The molecule has 2 heterocycles. The number of methoxy groups -OCH3 is 1. The van der Waals surface area contributed by atoms with E-state index < -0.39 is 0 Å². The molecule has 2 fully saturated rings. The van der Waals surface area contributed by atoms with Crippen molar-refractivity contribution in [2.45, 2.75) is 51.6 Å². The van der Waals surface area contributed by atoms with Crippen molar-refractivity contribution in [3.05, 3.63) is 0 Å². The van der Waals surface area contributed by atoms with Gasteiger partial charge in [-0.2, -0.15) is 0 Å². The molecule has 0 aromatic carbocycles. The van der Waals surface area contributed by atoms with Gasteiger partial charge in [0.1, 0.15) is 6.61 Å². The number of nitrogens with one attached hydrogen (secondary N) is 1. The van der Waals surface area contributed by atoms with Crippen LogP contribution in [0.3, 0.4) is 0 Å². The maximum atomic E-state index is 12.7. The van der Waals surface area contributed by atoms with E-state index in [2.05, 4.69) is 19.2 Å². The van der Waals surface area contributed by atoms with E-state index in [0.717, 1.165) is 32.2 Å². The highest BCUT2D eigenvalue weighted by Gasteiger charge is 2.35. The first-order chi connectivity index (χ1) is 12.0. The first-order valence-corrected chi connectivity index (χ1v) is 9.43. The number of urea groups is 1. The number of hydrogen-bond donors (Lipinski definition) is 1. The maximum absolute atomic E-state index is 12.7. The summed E-state index contributed by atoms with van der Waals surface area (Å²) in [5.74, 6) is 0.440. The summed E-state index contributed by atoms with van der Waals surface area (Å²) < 4.78 is 10.5. The topological polar surface area (TPSA) is 71.1 Å². The van der Waals surface area contributed by atoms with Crippen LogP contribution >= 0.6 is 0 Å². The van der Waals surface area contributed by atoms with Crippen LogP contribution in [0.15, 0.2) is 0 Å². The smallest absolute Gasteiger partial charge is 0.317 e. The Labute approximate surface area is 151 Å². The number of hydrogen-bond acceptors (Lipinski definition) is 4. The van der Waals surface area contributed by atoms with Crippen molar-refractivity contribution in [2.24, 2.45) is 5.92 Å². The van der Waals surface area contributed by atoms with Crippen molar-refractivity contribution >= 4 is 11.9 Å². The maximum Gasteiger partial charge on any atom is 0.317 e. The third-order valence-corrected chi connectivity index (χ3v) is 4.88. The summed E-state index contributed by atoms with van der Waals surface area (Å²) in [6.07, 6.45) is 3.55. The van der Waals surface area contributed by atoms with Gasteiger partial charge in [0.15, 0.2) is 0 Å². The monoisotopic (exact) mass is 355 g/mol. The summed E-state index contributed by atoms with van der Waals surface area (Å²) in [7, 11) is 1.55. The van der Waals surface area contributed by atoms with Gasteiger partial charge < -0.3 is 24.6 Å². The molecule has 1 N–H and O–H groups in total. The minimum atomic E-state index is -0.0236. The predicted octanol–water partition coefficient (Wildman–Crippen LogP) is 1.47. The van der Waals surface area contributed by atoms with E-state index in [-0.39, 0.29) is 30.6 Å². The lowest BCUT2D eigenvalue weighted by Crippen LogP contribution is -2.58. The molecule has 3 amide bonds. The normalized spacial score (nSPS) is 22.1. The molecule has 0 spiro atoms. The molecule has 7 nitrogen and oxygen atoms in total. The van der Waals surface area contributed by atoms with E-state index in [1.807, 2.05) is 9.80 Å². The summed E-state index contributed by atoms with van der Waals surface area (Å²) in [6, 6.07) is 0.217. The Morgan fingerprint density at radius 3 is 2.60 bits per heavy atom. The van der Waals surface area contributed by atoms with Crippen molar-refractivity contribution in [1.29, 1.82) is 0 Å². The Morgan fingerprint density at radius 2 is 1.96 bits per heavy atom.